The zero-order valence-corrected chi connectivity index (χ0v) is 31.8. The van der Waals surface area contributed by atoms with Crippen molar-refractivity contribution in [3.63, 3.8) is 0 Å². The van der Waals surface area contributed by atoms with Crippen molar-refractivity contribution >= 4 is 17.8 Å². The summed E-state index contributed by atoms with van der Waals surface area (Å²) in [4.78, 5) is 37.1. The number of benzene rings is 1. The molecule has 1 aromatic rings. The maximum Gasteiger partial charge on any atom is 0.338 e. The number of hydrogen-bond acceptors (Lipinski definition) is 6. The van der Waals surface area contributed by atoms with Crippen LogP contribution in [0.3, 0.4) is 0 Å². The summed E-state index contributed by atoms with van der Waals surface area (Å²) in [5.41, 5.74) is 0.414. The first-order chi connectivity index (χ1) is 24.5. The summed E-state index contributed by atoms with van der Waals surface area (Å²) in [5.74, 6) is 3.68. The minimum absolute atomic E-state index is 0.118. The van der Waals surface area contributed by atoms with E-state index in [1.54, 1.807) is 12.1 Å². The molecule has 0 saturated carbocycles. The summed E-state index contributed by atoms with van der Waals surface area (Å²) < 4.78 is 17.7. The Morgan fingerprint density at radius 3 is 1.50 bits per heavy atom. The minimum atomic E-state index is -0.379. The van der Waals surface area contributed by atoms with E-state index < -0.39 is 0 Å². The molecule has 0 atom stereocenters. The second-order valence-electron chi connectivity index (χ2n) is 13.4. The number of ether oxygens (including phenoxy) is 3. The van der Waals surface area contributed by atoms with Gasteiger partial charge in [0.25, 0.3) is 0 Å². The molecule has 0 fully saturated rings. The van der Waals surface area contributed by atoms with Gasteiger partial charge in [0.2, 0.25) is 11.8 Å². The molecule has 0 spiro atoms. The van der Waals surface area contributed by atoms with E-state index >= 15 is 0 Å². The largest absolute Gasteiger partial charge is 0.493 e. The van der Waals surface area contributed by atoms with Crippen LogP contribution in [-0.4, -0.2) is 50.7 Å². The van der Waals surface area contributed by atoms with Crippen molar-refractivity contribution in [2.24, 2.45) is 0 Å². The highest BCUT2D eigenvalue weighted by Crippen LogP contribution is 2.25. The number of nitrogens with one attached hydrogen (secondary N) is 2. The van der Waals surface area contributed by atoms with E-state index in [1.807, 2.05) is 6.07 Å². The van der Waals surface area contributed by atoms with Crippen molar-refractivity contribution in [1.82, 2.24) is 10.6 Å². The van der Waals surface area contributed by atoms with Gasteiger partial charge in [-0.2, -0.15) is 0 Å². The molecule has 0 aliphatic carbocycles. The van der Waals surface area contributed by atoms with Crippen LogP contribution in [-0.2, 0) is 14.3 Å². The van der Waals surface area contributed by atoms with Crippen LogP contribution in [0.2, 0.25) is 0 Å². The van der Waals surface area contributed by atoms with Crippen molar-refractivity contribution in [2.75, 3.05) is 32.9 Å². The van der Waals surface area contributed by atoms with Crippen molar-refractivity contribution in [3.8, 4) is 23.8 Å². The van der Waals surface area contributed by atoms with E-state index in [1.165, 1.54) is 44.9 Å². The van der Waals surface area contributed by atoms with Crippen LogP contribution in [0.4, 0.5) is 0 Å². The highest BCUT2D eigenvalue weighted by atomic mass is 16.5. The highest BCUT2D eigenvalue weighted by Gasteiger charge is 2.13. The Morgan fingerprint density at radius 1 is 0.560 bits per heavy atom. The van der Waals surface area contributed by atoms with Crippen LogP contribution in [0.1, 0.15) is 178 Å². The van der Waals surface area contributed by atoms with Crippen LogP contribution in [0.5, 0.6) is 11.5 Å². The normalized spacial score (nSPS) is 10.7. The molecule has 8 nitrogen and oxygen atoms in total. The molecule has 1 aromatic carbocycles. The molecule has 0 aliphatic heterocycles. The lowest BCUT2D eigenvalue weighted by atomic mass is 10.1. The van der Waals surface area contributed by atoms with E-state index in [9.17, 15) is 14.4 Å². The Labute approximate surface area is 304 Å². The van der Waals surface area contributed by atoms with Gasteiger partial charge in [-0.25, -0.2) is 4.79 Å². The lowest BCUT2D eigenvalue weighted by molar-refractivity contribution is -0.122. The fraction of sp³-hybridized carbons (Fsp3) is 0.738. The summed E-state index contributed by atoms with van der Waals surface area (Å²) in [6, 6.07) is 5.26. The summed E-state index contributed by atoms with van der Waals surface area (Å²) in [5, 5.41) is 6.02. The van der Waals surface area contributed by atoms with Gasteiger partial charge in [-0.1, -0.05) is 84.5 Å². The lowest BCUT2D eigenvalue weighted by Crippen LogP contribution is -2.23. The number of terminal acetylenes is 1. The van der Waals surface area contributed by atoms with Crippen LogP contribution >= 0.6 is 0 Å². The predicted octanol–water partition coefficient (Wildman–Crippen LogP) is 9.87. The summed E-state index contributed by atoms with van der Waals surface area (Å²) >= 11 is 0. The molecule has 0 heterocycles. The topological polar surface area (TPSA) is 103 Å². The van der Waals surface area contributed by atoms with Gasteiger partial charge in [-0.05, 0) is 76.3 Å². The molecule has 50 heavy (non-hydrogen) atoms. The highest BCUT2D eigenvalue weighted by molar-refractivity contribution is 5.90. The maximum absolute atomic E-state index is 13.0. The number of amides is 2. The molecule has 0 bridgehead atoms. The first-order valence-corrected chi connectivity index (χ1v) is 20.0. The predicted molar refractivity (Wildman–Crippen MR) is 205 cm³/mol. The van der Waals surface area contributed by atoms with Crippen molar-refractivity contribution in [1.29, 1.82) is 0 Å². The lowest BCUT2D eigenvalue weighted by Gasteiger charge is -2.13. The maximum atomic E-state index is 13.0. The number of esters is 1. The summed E-state index contributed by atoms with van der Waals surface area (Å²) in [6.07, 6.45) is 29.1. The molecule has 0 aliphatic rings. The van der Waals surface area contributed by atoms with Gasteiger partial charge < -0.3 is 24.8 Å². The van der Waals surface area contributed by atoms with Gasteiger partial charge in [0.1, 0.15) is 11.5 Å². The number of rotatable bonds is 34. The first-order valence-electron chi connectivity index (χ1n) is 20.0. The molecule has 1 rings (SSSR count). The van der Waals surface area contributed by atoms with Crippen LogP contribution in [0.25, 0.3) is 0 Å². The van der Waals surface area contributed by atoms with Crippen LogP contribution in [0, 0.1) is 12.3 Å². The SMILES string of the molecule is C#CCCCCCCCCCOC(=O)c1cc(OCCCCCC(=O)NCCCCCC)cc(OCCCCCC(=O)NCCCCCC)c1. The third-order valence-electron chi connectivity index (χ3n) is 8.65. The van der Waals surface area contributed by atoms with E-state index in [-0.39, 0.29) is 17.8 Å². The smallest absolute Gasteiger partial charge is 0.338 e. The Balaban J connectivity index is 2.49. The molecule has 2 N–H and O–H groups in total. The molecular formula is C42H70N2O6. The summed E-state index contributed by atoms with van der Waals surface area (Å²) in [7, 11) is 0. The second kappa shape index (κ2) is 33.0. The molecule has 0 unspecified atom stereocenters. The van der Waals surface area contributed by atoms with Crippen LogP contribution in [0.15, 0.2) is 18.2 Å². The zero-order valence-electron chi connectivity index (χ0n) is 31.8. The molecule has 0 aromatic heterocycles. The first kappa shape index (κ1) is 44.8. The average Bonchev–Trinajstić information content (AvgIpc) is 3.11. The van der Waals surface area contributed by atoms with E-state index in [0.717, 1.165) is 109 Å². The van der Waals surface area contributed by atoms with E-state index in [0.29, 0.717) is 49.7 Å². The van der Waals surface area contributed by atoms with Gasteiger partial charge >= 0.3 is 5.97 Å². The zero-order chi connectivity index (χ0) is 36.3. The Bertz CT molecular complexity index is 997. The Hall–Kier alpha value is -3.21. The average molecular weight is 699 g/mol. The van der Waals surface area contributed by atoms with Gasteiger partial charge in [-0.15, -0.1) is 12.3 Å². The fourth-order valence-corrected chi connectivity index (χ4v) is 5.56. The van der Waals surface area contributed by atoms with Gasteiger partial charge in [0, 0.05) is 38.4 Å². The second-order valence-corrected chi connectivity index (χ2v) is 13.4. The van der Waals surface area contributed by atoms with Crippen molar-refractivity contribution in [3.05, 3.63) is 23.8 Å². The van der Waals surface area contributed by atoms with Gasteiger partial charge in [0.05, 0.1) is 25.4 Å². The number of unbranched alkanes of at least 4 members (excludes halogenated alkanes) is 17. The molecule has 0 radical (unpaired) electrons. The number of carbonyl (C=O) groups excluding carboxylic acids is 3. The third-order valence-corrected chi connectivity index (χ3v) is 8.65. The van der Waals surface area contributed by atoms with Crippen molar-refractivity contribution < 1.29 is 28.6 Å². The number of hydrogen-bond donors (Lipinski definition) is 2. The molecule has 0 saturated heterocycles. The van der Waals surface area contributed by atoms with E-state index in [2.05, 4.69) is 30.4 Å². The molecule has 284 valence electrons. The minimum Gasteiger partial charge on any atom is -0.493 e. The Morgan fingerprint density at radius 2 is 1.00 bits per heavy atom. The van der Waals surface area contributed by atoms with Crippen molar-refractivity contribution in [2.45, 2.75) is 168 Å². The fourth-order valence-electron chi connectivity index (χ4n) is 5.56. The summed E-state index contributed by atoms with van der Waals surface area (Å²) in [6.45, 7) is 7.24. The standard InChI is InChI=1S/C42H70N2O6/c1-4-7-10-13-14-15-16-17-24-33-50-42(47)37-34-38(48-31-25-18-20-27-40(45)43-29-22-11-8-5-2)36-39(35-37)49-32-26-19-21-28-41(46)44-30-23-12-9-6-3/h1,34-36H,5-33H2,2-3H3,(H,43,45)(H,44,46). The monoisotopic (exact) mass is 699 g/mol. The van der Waals surface area contributed by atoms with Crippen LogP contribution < -0.4 is 20.1 Å². The Kier molecular flexibility index (Phi) is 29.5. The van der Waals surface area contributed by atoms with Gasteiger partial charge in [0.15, 0.2) is 0 Å². The molecule has 8 heteroatoms. The quantitative estimate of drug-likeness (QED) is 0.0422. The van der Waals surface area contributed by atoms with E-state index in [4.69, 9.17) is 20.6 Å². The third kappa shape index (κ3) is 26.6. The molecular weight excluding hydrogens is 628 g/mol. The molecule has 2 amide bonds. The van der Waals surface area contributed by atoms with Gasteiger partial charge in [-0.3, -0.25) is 9.59 Å². The number of carbonyl (C=O) groups is 3.